The number of halogens is 1. The first-order chi connectivity index (χ1) is 8.47. The molecular formula is C13H13BrGeN2O. The Hall–Kier alpha value is -0.877. The van der Waals surface area contributed by atoms with Crippen LogP contribution in [0.5, 0.6) is 0 Å². The Labute approximate surface area is 116 Å². The molecule has 0 radical (unpaired) electrons. The van der Waals surface area contributed by atoms with E-state index >= 15 is 0 Å². The van der Waals surface area contributed by atoms with Gasteiger partial charge in [0.1, 0.15) is 0 Å². The van der Waals surface area contributed by atoms with E-state index in [4.69, 9.17) is 9.40 Å². The molecule has 0 aromatic carbocycles. The van der Waals surface area contributed by atoms with Crippen molar-refractivity contribution in [2.75, 3.05) is 0 Å². The molecule has 0 amide bonds. The number of fused-ring (bicyclic) bond motifs is 3. The molecule has 0 fully saturated rings. The van der Waals surface area contributed by atoms with Gasteiger partial charge in [-0.05, 0) is 0 Å². The number of pyridine rings is 2. The molecule has 0 bridgehead atoms. The fourth-order valence-electron chi connectivity index (χ4n) is 1.97. The van der Waals surface area contributed by atoms with Crippen LogP contribution in [0.3, 0.4) is 0 Å². The average molecular weight is 366 g/mol. The Kier molecular flexibility index (Phi) is 2.75. The van der Waals surface area contributed by atoms with Gasteiger partial charge in [0.25, 0.3) is 0 Å². The molecule has 0 atom stereocenters. The van der Waals surface area contributed by atoms with Crippen LogP contribution >= 0.6 is 15.9 Å². The summed E-state index contributed by atoms with van der Waals surface area (Å²) in [5, 5.41) is 2.12. The standard InChI is InChI=1S/C13H13BrGeN2O/c1-15(2,3)10-5-4-9-8-6-7-16-12(14)11(8)18-13(9)17-10/h4-7H,1-3H3. The molecule has 3 heterocycles. The number of hydrogen-bond donors (Lipinski definition) is 0. The fourth-order valence-corrected chi connectivity index (χ4v) is 4.52. The van der Waals surface area contributed by atoms with Gasteiger partial charge in [-0.3, -0.25) is 0 Å². The Morgan fingerprint density at radius 3 is 2.61 bits per heavy atom. The molecule has 0 aliphatic rings. The van der Waals surface area contributed by atoms with E-state index in [1.165, 1.54) is 4.53 Å². The van der Waals surface area contributed by atoms with Crippen molar-refractivity contribution in [1.82, 2.24) is 9.97 Å². The van der Waals surface area contributed by atoms with Crippen LogP contribution in [0, 0.1) is 0 Å². The van der Waals surface area contributed by atoms with E-state index < -0.39 is 13.3 Å². The van der Waals surface area contributed by atoms with Gasteiger partial charge in [-0.25, -0.2) is 0 Å². The zero-order valence-electron chi connectivity index (χ0n) is 10.5. The van der Waals surface area contributed by atoms with Crippen molar-refractivity contribution in [3.05, 3.63) is 29.0 Å². The quantitative estimate of drug-likeness (QED) is 0.488. The van der Waals surface area contributed by atoms with Gasteiger partial charge in [0.05, 0.1) is 0 Å². The molecule has 0 saturated heterocycles. The molecule has 3 aromatic rings. The third kappa shape index (κ3) is 1.87. The molecule has 18 heavy (non-hydrogen) atoms. The normalized spacial score (nSPS) is 12.4. The third-order valence-electron chi connectivity index (χ3n) is 2.98. The van der Waals surface area contributed by atoms with Crippen LogP contribution in [0.15, 0.2) is 33.4 Å². The zero-order chi connectivity index (χ0) is 12.9. The van der Waals surface area contributed by atoms with Gasteiger partial charge in [0.15, 0.2) is 0 Å². The fraction of sp³-hybridized carbons (Fsp3) is 0.231. The first-order valence-corrected chi connectivity index (χ1v) is 13.9. The van der Waals surface area contributed by atoms with Gasteiger partial charge < -0.3 is 0 Å². The van der Waals surface area contributed by atoms with Crippen molar-refractivity contribution in [2.45, 2.75) is 17.3 Å². The summed E-state index contributed by atoms with van der Waals surface area (Å²) in [5.41, 5.74) is 1.50. The molecule has 3 aromatic heterocycles. The molecule has 0 N–H and O–H groups in total. The summed E-state index contributed by atoms with van der Waals surface area (Å²) in [6, 6.07) is 6.23. The predicted molar refractivity (Wildman–Crippen MR) is 80.0 cm³/mol. The molecule has 0 unspecified atom stereocenters. The molecule has 0 spiro atoms. The average Bonchev–Trinajstić information content (AvgIpc) is 2.67. The van der Waals surface area contributed by atoms with Crippen LogP contribution in [-0.2, 0) is 0 Å². The monoisotopic (exact) mass is 366 g/mol. The number of furan rings is 1. The van der Waals surface area contributed by atoms with E-state index in [0.717, 1.165) is 26.7 Å². The Morgan fingerprint density at radius 1 is 1.11 bits per heavy atom. The van der Waals surface area contributed by atoms with Crippen molar-refractivity contribution in [2.24, 2.45) is 0 Å². The van der Waals surface area contributed by atoms with Crippen molar-refractivity contribution < 1.29 is 4.42 Å². The molecule has 5 heteroatoms. The summed E-state index contributed by atoms with van der Waals surface area (Å²) >= 11 is 1.50. The number of hydrogen-bond acceptors (Lipinski definition) is 3. The zero-order valence-corrected chi connectivity index (χ0v) is 14.2. The van der Waals surface area contributed by atoms with Gasteiger partial charge in [0, 0.05) is 0 Å². The van der Waals surface area contributed by atoms with Crippen LogP contribution in [0.4, 0.5) is 0 Å². The van der Waals surface area contributed by atoms with E-state index in [9.17, 15) is 0 Å². The summed E-state index contributed by atoms with van der Waals surface area (Å²) in [6.07, 6.45) is 1.77. The van der Waals surface area contributed by atoms with Crippen molar-refractivity contribution in [3.63, 3.8) is 0 Å². The van der Waals surface area contributed by atoms with E-state index in [-0.39, 0.29) is 0 Å². The van der Waals surface area contributed by atoms with Crippen LogP contribution in [0.1, 0.15) is 0 Å². The first-order valence-electron chi connectivity index (χ1n) is 5.81. The van der Waals surface area contributed by atoms with Gasteiger partial charge >= 0.3 is 116 Å². The molecule has 0 aliphatic carbocycles. The topological polar surface area (TPSA) is 38.9 Å². The summed E-state index contributed by atoms with van der Waals surface area (Å²) in [5.74, 6) is 6.98. The van der Waals surface area contributed by atoms with E-state index in [2.05, 4.69) is 50.3 Å². The summed E-state index contributed by atoms with van der Waals surface area (Å²) in [7, 11) is 0. The van der Waals surface area contributed by atoms with Crippen molar-refractivity contribution in [3.8, 4) is 0 Å². The molecule has 92 valence electrons. The second-order valence-corrected chi connectivity index (χ2v) is 16.6. The second-order valence-electron chi connectivity index (χ2n) is 5.38. The molecular weight excluding hydrogens is 353 g/mol. The summed E-state index contributed by atoms with van der Waals surface area (Å²) in [6.45, 7) is 0. The third-order valence-corrected chi connectivity index (χ3v) is 7.35. The van der Waals surface area contributed by atoms with E-state index in [1.807, 2.05) is 6.07 Å². The number of rotatable bonds is 1. The molecule has 0 aliphatic heterocycles. The molecule has 0 saturated carbocycles. The van der Waals surface area contributed by atoms with Gasteiger partial charge in [-0.15, -0.1) is 0 Å². The van der Waals surface area contributed by atoms with Crippen molar-refractivity contribution >= 4 is 55.8 Å². The van der Waals surface area contributed by atoms with Gasteiger partial charge in [-0.2, -0.15) is 0 Å². The van der Waals surface area contributed by atoms with Crippen molar-refractivity contribution in [1.29, 1.82) is 0 Å². The SMILES string of the molecule is [CH3][Ge]([CH3])([CH3])[c]1ccc2c(n1)oc1c(Br)nccc12. The molecule has 3 nitrogen and oxygen atoms in total. The Morgan fingerprint density at radius 2 is 1.89 bits per heavy atom. The Bertz CT molecular complexity index is 746. The van der Waals surface area contributed by atoms with Crippen LogP contribution in [-0.4, -0.2) is 23.2 Å². The summed E-state index contributed by atoms with van der Waals surface area (Å²) in [4.78, 5) is 8.87. The maximum absolute atomic E-state index is 5.83. The maximum atomic E-state index is 5.83. The predicted octanol–water partition coefficient (Wildman–Crippen LogP) is 3.68. The number of nitrogens with zero attached hydrogens (tertiary/aromatic N) is 2. The molecule has 3 rings (SSSR count). The van der Waals surface area contributed by atoms with E-state index in [1.54, 1.807) is 6.20 Å². The van der Waals surface area contributed by atoms with Crippen LogP contribution in [0.25, 0.3) is 22.1 Å². The summed E-state index contributed by atoms with van der Waals surface area (Å²) < 4.78 is 7.78. The second kappa shape index (κ2) is 4.06. The Balaban J connectivity index is 2.37. The first kappa shape index (κ1) is 12.2. The van der Waals surface area contributed by atoms with Gasteiger partial charge in [-0.1, -0.05) is 0 Å². The van der Waals surface area contributed by atoms with Crippen LogP contribution < -0.4 is 4.53 Å². The number of aromatic nitrogens is 2. The minimum atomic E-state index is -1.91. The van der Waals surface area contributed by atoms with Crippen LogP contribution in [0.2, 0.25) is 17.3 Å². The minimum absolute atomic E-state index is 0.719. The van der Waals surface area contributed by atoms with E-state index in [0.29, 0.717) is 0 Å². The van der Waals surface area contributed by atoms with Gasteiger partial charge in [0.2, 0.25) is 0 Å².